The molecular weight excluding hydrogens is 247 g/mol. The molecule has 0 amide bonds. The SMILES string of the molecule is C[C@H](Cl)c1nc(Cc2ccc(Cl)cc2)no1. The van der Waals surface area contributed by atoms with Gasteiger partial charge in [-0.3, -0.25) is 0 Å². The molecule has 16 heavy (non-hydrogen) atoms. The van der Waals surface area contributed by atoms with Crippen LogP contribution in [0.2, 0.25) is 5.02 Å². The molecule has 0 N–H and O–H groups in total. The zero-order valence-corrected chi connectivity index (χ0v) is 10.2. The average Bonchev–Trinajstić information content (AvgIpc) is 2.70. The van der Waals surface area contributed by atoms with Crippen LogP contribution >= 0.6 is 23.2 Å². The molecule has 2 aromatic rings. The predicted molar refractivity (Wildman–Crippen MR) is 62.8 cm³/mol. The van der Waals surface area contributed by atoms with Crippen LogP contribution in [0.5, 0.6) is 0 Å². The molecule has 1 aromatic heterocycles. The summed E-state index contributed by atoms with van der Waals surface area (Å²) in [5.41, 5.74) is 1.08. The van der Waals surface area contributed by atoms with E-state index in [9.17, 15) is 0 Å². The minimum absolute atomic E-state index is 0.258. The third-order valence-electron chi connectivity index (χ3n) is 2.10. The van der Waals surface area contributed by atoms with Crippen LogP contribution in [-0.2, 0) is 6.42 Å². The normalized spacial score (nSPS) is 12.7. The van der Waals surface area contributed by atoms with Gasteiger partial charge >= 0.3 is 0 Å². The number of rotatable bonds is 3. The van der Waals surface area contributed by atoms with Crippen LogP contribution in [0.25, 0.3) is 0 Å². The maximum absolute atomic E-state index is 5.83. The fourth-order valence-corrected chi connectivity index (χ4v) is 1.50. The van der Waals surface area contributed by atoms with Gasteiger partial charge in [-0.1, -0.05) is 28.9 Å². The standard InChI is InChI=1S/C11H10Cl2N2O/c1-7(12)11-14-10(15-16-11)6-8-2-4-9(13)5-3-8/h2-5,7H,6H2,1H3/t7-/m0/s1. The van der Waals surface area contributed by atoms with Gasteiger partial charge in [-0.2, -0.15) is 4.98 Å². The topological polar surface area (TPSA) is 38.9 Å². The monoisotopic (exact) mass is 256 g/mol. The highest BCUT2D eigenvalue weighted by Crippen LogP contribution is 2.18. The molecule has 0 fully saturated rings. The Morgan fingerprint density at radius 1 is 1.31 bits per heavy atom. The van der Waals surface area contributed by atoms with Gasteiger partial charge in [-0.05, 0) is 24.6 Å². The molecule has 1 heterocycles. The first-order valence-electron chi connectivity index (χ1n) is 4.86. The number of halogens is 2. The zero-order valence-electron chi connectivity index (χ0n) is 8.65. The van der Waals surface area contributed by atoms with Gasteiger partial charge in [-0.15, -0.1) is 11.6 Å². The van der Waals surface area contributed by atoms with E-state index >= 15 is 0 Å². The number of hydrogen-bond donors (Lipinski definition) is 0. The Kier molecular flexibility index (Phi) is 3.46. The summed E-state index contributed by atoms with van der Waals surface area (Å²) in [5.74, 6) is 1.08. The number of aromatic nitrogens is 2. The Hall–Kier alpha value is -1.06. The lowest BCUT2D eigenvalue weighted by molar-refractivity contribution is 0.374. The molecule has 0 spiro atoms. The van der Waals surface area contributed by atoms with E-state index in [1.54, 1.807) is 6.92 Å². The van der Waals surface area contributed by atoms with E-state index in [0.717, 1.165) is 5.56 Å². The van der Waals surface area contributed by atoms with E-state index in [4.69, 9.17) is 27.7 Å². The van der Waals surface area contributed by atoms with Gasteiger partial charge in [-0.25, -0.2) is 0 Å². The Morgan fingerprint density at radius 3 is 2.56 bits per heavy atom. The Balaban J connectivity index is 2.11. The van der Waals surface area contributed by atoms with Crippen molar-refractivity contribution in [3.63, 3.8) is 0 Å². The summed E-state index contributed by atoms with van der Waals surface area (Å²) in [6, 6.07) is 7.54. The molecule has 1 aromatic carbocycles. The van der Waals surface area contributed by atoms with E-state index in [2.05, 4.69) is 10.1 Å². The van der Waals surface area contributed by atoms with Crippen molar-refractivity contribution in [1.82, 2.24) is 10.1 Å². The van der Waals surface area contributed by atoms with Crippen LogP contribution in [0.3, 0.4) is 0 Å². The fourth-order valence-electron chi connectivity index (χ4n) is 1.29. The second-order valence-corrected chi connectivity index (χ2v) is 4.56. The molecule has 84 valence electrons. The molecule has 0 aliphatic rings. The van der Waals surface area contributed by atoms with Crippen molar-refractivity contribution in [3.05, 3.63) is 46.6 Å². The summed E-state index contributed by atoms with van der Waals surface area (Å²) in [4.78, 5) is 4.18. The summed E-state index contributed by atoms with van der Waals surface area (Å²) in [7, 11) is 0. The first kappa shape index (κ1) is 11.4. The molecule has 0 bridgehead atoms. The third kappa shape index (κ3) is 2.74. The molecule has 0 saturated heterocycles. The highest BCUT2D eigenvalue weighted by atomic mass is 35.5. The Labute approximate surface area is 103 Å². The van der Waals surface area contributed by atoms with Gasteiger partial charge in [0.25, 0.3) is 0 Å². The number of benzene rings is 1. The first-order valence-corrected chi connectivity index (χ1v) is 5.67. The van der Waals surface area contributed by atoms with E-state index in [-0.39, 0.29) is 5.38 Å². The van der Waals surface area contributed by atoms with Crippen LogP contribution in [0.15, 0.2) is 28.8 Å². The second kappa shape index (κ2) is 4.85. The molecule has 0 aliphatic carbocycles. The van der Waals surface area contributed by atoms with Gasteiger partial charge in [0.05, 0.1) is 0 Å². The lowest BCUT2D eigenvalue weighted by Crippen LogP contribution is -1.91. The van der Waals surface area contributed by atoms with Crippen LogP contribution < -0.4 is 0 Å². The highest BCUT2D eigenvalue weighted by Gasteiger charge is 2.11. The van der Waals surface area contributed by atoms with Gasteiger partial charge in [0.1, 0.15) is 5.38 Å². The van der Waals surface area contributed by atoms with E-state index < -0.39 is 0 Å². The van der Waals surface area contributed by atoms with Gasteiger partial charge in [0.15, 0.2) is 5.82 Å². The lowest BCUT2D eigenvalue weighted by atomic mass is 10.1. The largest absolute Gasteiger partial charge is 0.338 e. The summed E-state index contributed by atoms with van der Waals surface area (Å²) in [6.07, 6.45) is 0.615. The molecule has 0 aliphatic heterocycles. The van der Waals surface area contributed by atoms with Crippen LogP contribution in [0.1, 0.15) is 29.6 Å². The molecule has 1 atom stereocenters. The molecular formula is C11H10Cl2N2O. The van der Waals surface area contributed by atoms with E-state index in [1.165, 1.54) is 0 Å². The Bertz CT molecular complexity index is 465. The van der Waals surface area contributed by atoms with Crippen molar-refractivity contribution >= 4 is 23.2 Å². The minimum Gasteiger partial charge on any atom is -0.338 e. The Morgan fingerprint density at radius 2 is 2.00 bits per heavy atom. The smallest absolute Gasteiger partial charge is 0.244 e. The maximum atomic E-state index is 5.83. The predicted octanol–water partition coefficient (Wildman–Crippen LogP) is 3.61. The number of nitrogens with zero attached hydrogens (tertiary/aromatic N) is 2. The molecule has 5 heteroatoms. The average molecular weight is 257 g/mol. The van der Waals surface area contributed by atoms with Crippen molar-refractivity contribution in [2.45, 2.75) is 18.7 Å². The molecule has 3 nitrogen and oxygen atoms in total. The van der Waals surface area contributed by atoms with Gasteiger partial charge < -0.3 is 4.52 Å². The third-order valence-corrected chi connectivity index (χ3v) is 2.54. The van der Waals surface area contributed by atoms with Crippen LogP contribution in [-0.4, -0.2) is 10.1 Å². The summed E-state index contributed by atoms with van der Waals surface area (Å²) < 4.78 is 5.00. The van der Waals surface area contributed by atoms with Crippen molar-refractivity contribution in [2.75, 3.05) is 0 Å². The van der Waals surface area contributed by atoms with Crippen molar-refractivity contribution in [2.24, 2.45) is 0 Å². The lowest BCUT2D eigenvalue weighted by Gasteiger charge is -1.96. The van der Waals surface area contributed by atoms with E-state index in [1.807, 2.05) is 24.3 Å². The maximum Gasteiger partial charge on any atom is 0.244 e. The van der Waals surface area contributed by atoms with Gasteiger partial charge in [0, 0.05) is 11.4 Å². The van der Waals surface area contributed by atoms with Crippen molar-refractivity contribution in [1.29, 1.82) is 0 Å². The molecule has 0 unspecified atom stereocenters. The fraction of sp³-hybridized carbons (Fsp3) is 0.273. The molecule has 0 radical (unpaired) electrons. The quantitative estimate of drug-likeness (QED) is 0.788. The van der Waals surface area contributed by atoms with E-state index in [0.29, 0.717) is 23.2 Å². The van der Waals surface area contributed by atoms with Crippen molar-refractivity contribution < 1.29 is 4.52 Å². The minimum atomic E-state index is -0.258. The number of hydrogen-bond acceptors (Lipinski definition) is 3. The highest BCUT2D eigenvalue weighted by molar-refractivity contribution is 6.30. The first-order chi connectivity index (χ1) is 7.65. The molecule has 0 saturated carbocycles. The summed E-state index contributed by atoms with van der Waals surface area (Å²) in [6.45, 7) is 1.79. The van der Waals surface area contributed by atoms with Crippen LogP contribution in [0.4, 0.5) is 0 Å². The molecule has 2 rings (SSSR count). The summed E-state index contributed by atoms with van der Waals surface area (Å²) in [5, 5.41) is 4.31. The second-order valence-electron chi connectivity index (χ2n) is 3.47. The van der Waals surface area contributed by atoms with Gasteiger partial charge in [0.2, 0.25) is 5.89 Å². The van der Waals surface area contributed by atoms with Crippen LogP contribution in [0, 0.1) is 0 Å². The summed E-state index contributed by atoms with van der Waals surface area (Å²) >= 11 is 11.6. The zero-order chi connectivity index (χ0) is 11.5. The number of alkyl halides is 1. The van der Waals surface area contributed by atoms with Crippen molar-refractivity contribution in [3.8, 4) is 0 Å².